The molecule has 0 heterocycles. The molecule has 0 unspecified atom stereocenters. The molecule has 0 radical (unpaired) electrons. The molecule has 176 valence electrons. The van der Waals surface area contributed by atoms with Crippen molar-refractivity contribution in [2.24, 2.45) is 0 Å². The van der Waals surface area contributed by atoms with Crippen molar-refractivity contribution in [2.75, 3.05) is 6.16 Å². The molecule has 0 spiro atoms. The number of hydrogen-bond acceptors (Lipinski definition) is 2. The van der Waals surface area contributed by atoms with Crippen LogP contribution in [0.3, 0.4) is 0 Å². The predicted octanol–water partition coefficient (Wildman–Crippen LogP) is 7.12. The fourth-order valence-corrected chi connectivity index (χ4v) is 12.2. The second kappa shape index (κ2) is 11.0. The van der Waals surface area contributed by atoms with Gasteiger partial charge in [-0.3, -0.25) is 0 Å². The summed E-state index contributed by atoms with van der Waals surface area (Å²) >= 11 is 4.50. The van der Waals surface area contributed by atoms with Gasteiger partial charge in [0.2, 0.25) is 0 Å². The Morgan fingerprint density at radius 1 is 0.697 bits per heavy atom. The normalized spacial score (nSPS) is 13.2. The summed E-state index contributed by atoms with van der Waals surface area (Å²) in [5.74, 6) is -0.0968. The van der Waals surface area contributed by atoms with Gasteiger partial charge in [-0.1, -0.05) is 0 Å². The van der Waals surface area contributed by atoms with Crippen LogP contribution in [0, 0.1) is 0 Å². The SMILES string of the molecule is CC(C)(C)OC(=O)CCCCCCP(Br)(c1ccccc1)(c1ccccc1)c1ccccc1. The monoisotopic (exact) mass is 526 g/mol. The molecule has 0 aliphatic heterocycles. The first-order valence-electron chi connectivity index (χ1n) is 11.9. The zero-order valence-electron chi connectivity index (χ0n) is 20.0. The van der Waals surface area contributed by atoms with Gasteiger partial charge in [-0.25, -0.2) is 0 Å². The molecule has 33 heavy (non-hydrogen) atoms. The van der Waals surface area contributed by atoms with Gasteiger partial charge < -0.3 is 0 Å². The van der Waals surface area contributed by atoms with E-state index in [2.05, 4.69) is 106 Å². The van der Waals surface area contributed by atoms with Crippen molar-refractivity contribution in [1.29, 1.82) is 0 Å². The van der Waals surface area contributed by atoms with Gasteiger partial charge in [0.05, 0.1) is 0 Å². The molecule has 3 aromatic rings. The Kier molecular flexibility index (Phi) is 8.54. The summed E-state index contributed by atoms with van der Waals surface area (Å²) in [5, 5.41) is 1.24. The van der Waals surface area contributed by atoms with Crippen molar-refractivity contribution in [3.63, 3.8) is 0 Å². The van der Waals surface area contributed by atoms with Crippen LogP contribution in [0.25, 0.3) is 0 Å². The first-order valence-corrected chi connectivity index (χ1v) is 16.3. The van der Waals surface area contributed by atoms with Gasteiger partial charge in [-0.2, -0.15) is 0 Å². The average Bonchev–Trinajstić information content (AvgIpc) is 2.82. The van der Waals surface area contributed by atoms with Crippen molar-refractivity contribution >= 4 is 42.7 Å². The number of benzene rings is 3. The quantitative estimate of drug-likeness (QED) is 0.160. The molecule has 0 aliphatic rings. The molecule has 0 aliphatic carbocycles. The van der Waals surface area contributed by atoms with E-state index in [1.54, 1.807) is 0 Å². The summed E-state index contributed by atoms with van der Waals surface area (Å²) in [4.78, 5) is 12.0. The molecule has 0 amide bonds. The number of halogens is 1. The van der Waals surface area contributed by atoms with Crippen LogP contribution in [0.2, 0.25) is 0 Å². The van der Waals surface area contributed by atoms with Crippen LogP contribution < -0.4 is 15.9 Å². The summed E-state index contributed by atoms with van der Waals surface area (Å²) < 4.78 is 5.45. The number of carbonyl (C=O) groups is 1. The number of ether oxygens (including phenoxy) is 1. The van der Waals surface area contributed by atoms with Gasteiger partial charge in [0.25, 0.3) is 0 Å². The molecule has 3 aromatic carbocycles. The summed E-state index contributed by atoms with van der Waals surface area (Å²) in [7, 11) is 0. The van der Waals surface area contributed by atoms with E-state index in [9.17, 15) is 4.79 Å². The van der Waals surface area contributed by atoms with Crippen molar-refractivity contribution in [2.45, 2.75) is 58.5 Å². The van der Waals surface area contributed by atoms with Crippen molar-refractivity contribution in [1.82, 2.24) is 0 Å². The average molecular weight is 527 g/mol. The van der Waals surface area contributed by atoms with Gasteiger partial charge >= 0.3 is 208 Å². The number of esters is 1. The Hall–Kier alpha value is -1.96. The number of unbranched alkanes of at least 4 members (excludes halogenated alkanes) is 3. The third kappa shape index (κ3) is 6.14. The van der Waals surface area contributed by atoms with E-state index in [1.807, 2.05) is 20.8 Å². The van der Waals surface area contributed by atoms with Gasteiger partial charge in [0, 0.05) is 0 Å². The van der Waals surface area contributed by atoms with Gasteiger partial charge in [0.1, 0.15) is 0 Å². The van der Waals surface area contributed by atoms with Crippen LogP contribution in [-0.4, -0.2) is 17.7 Å². The van der Waals surface area contributed by atoms with Crippen LogP contribution in [0.1, 0.15) is 52.9 Å². The second-order valence-corrected chi connectivity index (χ2v) is 18.7. The zero-order valence-corrected chi connectivity index (χ0v) is 22.5. The first kappa shape index (κ1) is 25.7. The van der Waals surface area contributed by atoms with E-state index in [4.69, 9.17) is 4.74 Å². The van der Waals surface area contributed by atoms with Crippen LogP contribution in [0.15, 0.2) is 91.0 Å². The Bertz CT molecular complexity index is 914. The summed E-state index contributed by atoms with van der Waals surface area (Å²) in [6.45, 7) is 5.75. The predicted molar refractivity (Wildman–Crippen MR) is 148 cm³/mol. The maximum atomic E-state index is 12.0. The third-order valence-electron chi connectivity index (χ3n) is 6.01. The molecular formula is C29H36BrO2P. The molecule has 0 atom stereocenters. The van der Waals surface area contributed by atoms with Crippen LogP contribution in [-0.2, 0) is 9.53 Å². The topological polar surface area (TPSA) is 26.3 Å². The first-order chi connectivity index (χ1) is 15.7. The summed E-state index contributed by atoms with van der Waals surface area (Å²) in [6, 6.07) is 32.8. The van der Waals surface area contributed by atoms with E-state index in [1.165, 1.54) is 15.9 Å². The van der Waals surface area contributed by atoms with Crippen molar-refractivity contribution in [3.05, 3.63) is 91.0 Å². The van der Waals surface area contributed by atoms with E-state index in [-0.39, 0.29) is 5.97 Å². The van der Waals surface area contributed by atoms with Crippen LogP contribution in [0.4, 0.5) is 0 Å². The second-order valence-electron chi connectivity index (χ2n) is 9.66. The minimum absolute atomic E-state index is 0.0968. The van der Waals surface area contributed by atoms with Gasteiger partial charge in [-0.15, -0.1) is 0 Å². The molecule has 0 N–H and O–H groups in total. The molecule has 0 saturated heterocycles. The van der Waals surface area contributed by atoms with Crippen molar-refractivity contribution < 1.29 is 9.53 Å². The Labute approximate surface area is 207 Å². The molecule has 0 bridgehead atoms. The molecule has 0 fully saturated rings. The number of rotatable bonds is 10. The van der Waals surface area contributed by atoms with Crippen molar-refractivity contribution in [3.8, 4) is 0 Å². The fraction of sp³-hybridized carbons (Fsp3) is 0.345. The van der Waals surface area contributed by atoms with Crippen LogP contribution in [0.5, 0.6) is 0 Å². The number of hydrogen-bond donors (Lipinski definition) is 0. The Morgan fingerprint density at radius 2 is 1.09 bits per heavy atom. The van der Waals surface area contributed by atoms with Gasteiger partial charge in [-0.05, 0) is 0 Å². The summed E-state index contributed by atoms with van der Waals surface area (Å²) in [6.07, 6.45) is 5.59. The number of carbonyl (C=O) groups excluding carboxylic acids is 1. The molecule has 3 rings (SSSR count). The molecule has 2 nitrogen and oxygen atoms in total. The van der Waals surface area contributed by atoms with Gasteiger partial charge in [0.15, 0.2) is 0 Å². The molecular weight excluding hydrogens is 491 g/mol. The minimum atomic E-state index is -2.83. The molecule has 0 aromatic heterocycles. The maximum absolute atomic E-state index is 12.0. The Morgan fingerprint density at radius 3 is 1.48 bits per heavy atom. The Balaban J connectivity index is 1.83. The van der Waals surface area contributed by atoms with E-state index in [0.29, 0.717) is 6.42 Å². The van der Waals surface area contributed by atoms with E-state index >= 15 is 0 Å². The summed E-state index contributed by atoms with van der Waals surface area (Å²) in [5.41, 5.74) is -0.411. The van der Waals surface area contributed by atoms with Crippen LogP contribution >= 0.6 is 20.8 Å². The molecule has 0 saturated carbocycles. The fourth-order valence-electron chi connectivity index (χ4n) is 4.48. The third-order valence-corrected chi connectivity index (χ3v) is 16.0. The standard InChI is InChI=1S/C29H36BrO2P/c1-29(2,3)32-28(31)23-15-4-5-16-24-33(30,25-17-9-6-10-18-25,26-19-11-7-12-20-26)27-21-13-8-14-22-27/h6-14,17-22H,4-5,15-16,23-24H2,1-3H3. The van der Waals surface area contributed by atoms with E-state index < -0.39 is 10.9 Å². The molecule has 4 heteroatoms. The zero-order chi connectivity index (χ0) is 23.8. The van der Waals surface area contributed by atoms with E-state index in [0.717, 1.165) is 31.8 Å².